The van der Waals surface area contributed by atoms with Crippen molar-refractivity contribution in [2.45, 2.75) is 18.2 Å². The molecule has 0 spiro atoms. The molecule has 0 aromatic heterocycles. The summed E-state index contributed by atoms with van der Waals surface area (Å²) < 4.78 is 22.4. The van der Waals surface area contributed by atoms with E-state index in [4.69, 9.17) is 5.14 Å². The van der Waals surface area contributed by atoms with E-state index in [1.807, 2.05) is 6.92 Å². The maximum atomic E-state index is 11.9. The van der Waals surface area contributed by atoms with E-state index >= 15 is 0 Å². The molecule has 8 nitrogen and oxygen atoms in total. The fourth-order valence-electron chi connectivity index (χ4n) is 2.31. The highest BCUT2D eigenvalue weighted by molar-refractivity contribution is 7.89. The molecule has 0 aliphatic rings. The SMILES string of the molecule is CCNC(=O)c1ccc(NC(=O)NCCc2ccc(S(N)(=O)=O)cc2)cc1. The molecule has 27 heavy (non-hydrogen) atoms. The van der Waals surface area contributed by atoms with Crippen molar-refractivity contribution < 1.29 is 18.0 Å². The molecule has 2 aromatic carbocycles. The summed E-state index contributed by atoms with van der Waals surface area (Å²) in [5.41, 5.74) is 1.96. The Labute approximate surface area is 158 Å². The van der Waals surface area contributed by atoms with Crippen molar-refractivity contribution in [3.05, 3.63) is 59.7 Å². The minimum absolute atomic E-state index is 0.0491. The van der Waals surface area contributed by atoms with Crippen LogP contribution in [0.1, 0.15) is 22.8 Å². The summed E-state index contributed by atoms with van der Waals surface area (Å²) in [5, 5.41) is 13.1. The van der Waals surface area contributed by atoms with Crippen molar-refractivity contribution in [1.82, 2.24) is 10.6 Å². The number of amides is 3. The fraction of sp³-hybridized carbons (Fsp3) is 0.222. The van der Waals surface area contributed by atoms with E-state index in [2.05, 4.69) is 16.0 Å². The lowest BCUT2D eigenvalue weighted by Gasteiger charge is -2.09. The van der Waals surface area contributed by atoms with E-state index < -0.39 is 10.0 Å². The minimum Gasteiger partial charge on any atom is -0.352 e. The topological polar surface area (TPSA) is 130 Å². The zero-order valence-corrected chi connectivity index (χ0v) is 15.7. The molecular formula is C18H22N4O4S. The Morgan fingerprint density at radius 3 is 2.15 bits per heavy atom. The van der Waals surface area contributed by atoms with Crippen LogP contribution in [-0.2, 0) is 16.4 Å². The Bertz CT molecular complexity index is 894. The van der Waals surface area contributed by atoms with Crippen LogP contribution in [0.15, 0.2) is 53.4 Å². The molecule has 2 rings (SSSR count). The normalized spacial score (nSPS) is 10.9. The monoisotopic (exact) mass is 390 g/mol. The molecule has 0 heterocycles. The summed E-state index contributed by atoms with van der Waals surface area (Å²) in [6.45, 7) is 2.76. The average molecular weight is 390 g/mol. The minimum atomic E-state index is -3.70. The summed E-state index contributed by atoms with van der Waals surface area (Å²) in [6, 6.07) is 12.4. The molecule has 5 N–H and O–H groups in total. The molecule has 144 valence electrons. The van der Waals surface area contributed by atoms with Gasteiger partial charge in [0.2, 0.25) is 10.0 Å². The molecule has 2 aromatic rings. The van der Waals surface area contributed by atoms with Crippen molar-refractivity contribution in [2.75, 3.05) is 18.4 Å². The second-order valence-electron chi connectivity index (χ2n) is 5.76. The molecule has 0 saturated carbocycles. The van der Waals surface area contributed by atoms with E-state index in [9.17, 15) is 18.0 Å². The maximum absolute atomic E-state index is 11.9. The first-order chi connectivity index (χ1) is 12.8. The zero-order valence-electron chi connectivity index (χ0n) is 14.9. The predicted molar refractivity (Wildman–Crippen MR) is 103 cm³/mol. The van der Waals surface area contributed by atoms with Gasteiger partial charge >= 0.3 is 6.03 Å². The Hall–Kier alpha value is -2.91. The van der Waals surface area contributed by atoms with Crippen LogP contribution in [-0.4, -0.2) is 33.4 Å². The summed E-state index contributed by atoms with van der Waals surface area (Å²) in [5.74, 6) is -0.165. The summed E-state index contributed by atoms with van der Waals surface area (Å²) >= 11 is 0. The van der Waals surface area contributed by atoms with Crippen LogP contribution >= 0.6 is 0 Å². The second kappa shape index (κ2) is 9.15. The molecule has 0 radical (unpaired) electrons. The third-order valence-electron chi connectivity index (χ3n) is 3.69. The number of hydrogen-bond acceptors (Lipinski definition) is 4. The van der Waals surface area contributed by atoms with Crippen LogP contribution in [0.25, 0.3) is 0 Å². The van der Waals surface area contributed by atoms with Gasteiger partial charge in [-0.25, -0.2) is 18.4 Å². The lowest BCUT2D eigenvalue weighted by Crippen LogP contribution is -2.30. The van der Waals surface area contributed by atoms with Crippen LogP contribution in [0.4, 0.5) is 10.5 Å². The Kier molecular flexibility index (Phi) is 6.91. The summed E-state index contributed by atoms with van der Waals surface area (Å²) in [6.07, 6.45) is 0.536. The molecule has 0 atom stereocenters. The fourth-order valence-corrected chi connectivity index (χ4v) is 2.82. The van der Waals surface area contributed by atoms with Gasteiger partial charge in [-0.05, 0) is 55.3 Å². The van der Waals surface area contributed by atoms with Crippen LogP contribution < -0.4 is 21.1 Å². The molecule has 0 aliphatic carbocycles. The molecule has 0 bridgehead atoms. The van der Waals surface area contributed by atoms with Crippen molar-refractivity contribution in [3.63, 3.8) is 0 Å². The van der Waals surface area contributed by atoms with E-state index in [1.165, 1.54) is 12.1 Å². The molecule has 0 aliphatic heterocycles. The number of carbonyl (C=O) groups is 2. The zero-order chi connectivity index (χ0) is 19.9. The molecule has 0 fully saturated rings. The smallest absolute Gasteiger partial charge is 0.319 e. The van der Waals surface area contributed by atoms with Crippen molar-refractivity contribution in [3.8, 4) is 0 Å². The first-order valence-electron chi connectivity index (χ1n) is 8.34. The van der Waals surface area contributed by atoms with Gasteiger partial charge in [0.25, 0.3) is 5.91 Å². The number of benzene rings is 2. The van der Waals surface area contributed by atoms with Gasteiger partial charge in [0.05, 0.1) is 4.90 Å². The van der Waals surface area contributed by atoms with Crippen LogP contribution in [0.3, 0.4) is 0 Å². The molecule has 3 amide bonds. The van der Waals surface area contributed by atoms with Gasteiger partial charge in [0.1, 0.15) is 0 Å². The lowest BCUT2D eigenvalue weighted by molar-refractivity contribution is 0.0956. The number of hydrogen-bond donors (Lipinski definition) is 4. The number of urea groups is 1. The van der Waals surface area contributed by atoms with E-state index in [1.54, 1.807) is 36.4 Å². The third kappa shape index (κ3) is 6.39. The largest absolute Gasteiger partial charge is 0.352 e. The Balaban J connectivity index is 1.80. The predicted octanol–water partition coefficient (Wildman–Crippen LogP) is 1.45. The van der Waals surface area contributed by atoms with Gasteiger partial charge < -0.3 is 16.0 Å². The van der Waals surface area contributed by atoms with E-state index in [-0.39, 0.29) is 16.8 Å². The van der Waals surface area contributed by atoms with E-state index in [0.29, 0.717) is 30.8 Å². The van der Waals surface area contributed by atoms with Crippen LogP contribution in [0.2, 0.25) is 0 Å². The third-order valence-corrected chi connectivity index (χ3v) is 4.62. The van der Waals surface area contributed by atoms with Gasteiger partial charge in [-0.3, -0.25) is 4.79 Å². The quantitative estimate of drug-likeness (QED) is 0.570. The average Bonchev–Trinajstić information content (AvgIpc) is 2.62. The molecule has 0 unspecified atom stereocenters. The number of nitrogens with two attached hydrogens (primary N) is 1. The number of primary sulfonamides is 1. The van der Waals surface area contributed by atoms with Gasteiger partial charge in [0, 0.05) is 24.3 Å². The van der Waals surface area contributed by atoms with Crippen molar-refractivity contribution in [2.24, 2.45) is 5.14 Å². The van der Waals surface area contributed by atoms with Gasteiger partial charge in [-0.1, -0.05) is 12.1 Å². The Morgan fingerprint density at radius 1 is 0.963 bits per heavy atom. The number of nitrogens with one attached hydrogen (secondary N) is 3. The maximum Gasteiger partial charge on any atom is 0.319 e. The lowest BCUT2D eigenvalue weighted by atomic mass is 10.1. The standard InChI is InChI=1S/C18H22N4O4S/c1-2-20-17(23)14-5-7-15(8-6-14)22-18(24)21-12-11-13-3-9-16(10-4-13)27(19,25)26/h3-10H,2,11-12H2,1H3,(H,20,23)(H2,19,25,26)(H2,21,22,24). The van der Waals surface area contributed by atoms with Crippen LogP contribution in [0.5, 0.6) is 0 Å². The molecule has 9 heteroatoms. The number of anilines is 1. The highest BCUT2D eigenvalue weighted by Crippen LogP contribution is 2.10. The molecule has 0 saturated heterocycles. The van der Waals surface area contributed by atoms with Gasteiger partial charge in [-0.2, -0.15) is 0 Å². The summed E-state index contributed by atoms with van der Waals surface area (Å²) in [4.78, 5) is 23.6. The van der Waals surface area contributed by atoms with Gasteiger partial charge in [0.15, 0.2) is 0 Å². The first-order valence-corrected chi connectivity index (χ1v) is 9.89. The number of carbonyl (C=O) groups excluding carboxylic acids is 2. The first kappa shape index (κ1) is 20.4. The van der Waals surface area contributed by atoms with Gasteiger partial charge in [-0.15, -0.1) is 0 Å². The second-order valence-corrected chi connectivity index (χ2v) is 7.32. The highest BCUT2D eigenvalue weighted by atomic mass is 32.2. The van der Waals surface area contributed by atoms with Crippen LogP contribution in [0, 0.1) is 0 Å². The van der Waals surface area contributed by atoms with E-state index in [0.717, 1.165) is 5.56 Å². The summed E-state index contributed by atoms with van der Waals surface area (Å²) in [7, 11) is -3.70. The van der Waals surface area contributed by atoms with Crippen molar-refractivity contribution >= 4 is 27.6 Å². The number of rotatable bonds is 7. The molecular weight excluding hydrogens is 368 g/mol. The highest BCUT2D eigenvalue weighted by Gasteiger charge is 2.08. The number of sulfonamides is 1. The van der Waals surface area contributed by atoms with Crippen molar-refractivity contribution in [1.29, 1.82) is 0 Å². The Morgan fingerprint density at radius 2 is 1.59 bits per heavy atom.